The monoisotopic (exact) mass is 315 g/mol. The maximum Gasteiger partial charge on any atom is 0.323 e. The van der Waals surface area contributed by atoms with Crippen molar-refractivity contribution in [3.63, 3.8) is 0 Å². The van der Waals surface area contributed by atoms with Gasteiger partial charge in [-0.1, -0.05) is 6.08 Å². The molecule has 1 N–H and O–H groups in total. The third kappa shape index (κ3) is 3.52. The van der Waals surface area contributed by atoms with E-state index in [9.17, 15) is 14.9 Å². The molecule has 1 heterocycles. The summed E-state index contributed by atoms with van der Waals surface area (Å²) in [5.41, 5.74) is -0.167. The zero-order valence-electron chi connectivity index (χ0n) is 9.24. The largest absolute Gasteiger partial charge is 0.480 e. The molecule has 0 fully saturated rings. The van der Waals surface area contributed by atoms with Gasteiger partial charge in [0.2, 0.25) is 0 Å². The van der Waals surface area contributed by atoms with Crippen LogP contribution < -0.4 is 4.90 Å². The molecule has 0 aliphatic carbocycles. The average Bonchev–Trinajstić information content (AvgIpc) is 2.27. The van der Waals surface area contributed by atoms with E-state index in [1.54, 1.807) is 0 Å². The second-order valence-electron chi connectivity index (χ2n) is 3.32. The fraction of sp³-hybridized carbons (Fsp3) is 0.200. The lowest BCUT2D eigenvalue weighted by atomic mass is 10.3. The van der Waals surface area contributed by atoms with Gasteiger partial charge in [0.25, 0.3) is 5.69 Å². The number of carboxylic acids is 1. The highest BCUT2D eigenvalue weighted by molar-refractivity contribution is 9.10. The molecule has 18 heavy (non-hydrogen) atoms. The van der Waals surface area contributed by atoms with Crippen molar-refractivity contribution in [1.29, 1.82) is 0 Å². The second kappa shape index (κ2) is 6.10. The van der Waals surface area contributed by atoms with Gasteiger partial charge in [-0.25, -0.2) is 4.98 Å². The zero-order chi connectivity index (χ0) is 13.7. The van der Waals surface area contributed by atoms with Crippen molar-refractivity contribution < 1.29 is 14.8 Å². The highest BCUT2D eigenvalue weighted by Crippen LogP contribution is 2.27. The van der Waals surface area contributed by atoms with Crippen LogP contribution in [0.5, 0.6) is 0 Å². The summed E-state index contributed by atoms with van der Waals surface area (Å²) in [5, 5.41) is 19.3. The van der Waals surface area contributed by atoms with Crippen LogP contribution in [0, 0.1) is 10.1 Å². The maximum absolute atomic E-state index is 10.7. The van der Waals surface area contributed by atoms with Crippen molar-refractivity contribution in [2.75, 3.05) is 18.0 Å². The molecule has 1 aromatic heterocycles. The number of rotatable bonds is 6. The van der Waals surface area contributed by atoms with Gasteiger partial charge >= 0.3 is 5.97 Å². The molecule has 7 nitrogen and oxygen atoms in total. The molecule has 0 aliphatic heterocycles. The van der Waals surface area contributed by atoms with E-state index in [0.717, 1.165) is 6.20 Å². The number of anilines is 1. The smallest absolute Gasteiger partial charge is 0.323 e. The van der Waals surface area contributed by atoms with Gasteiger partial charge in [0.15, 0.2) is 0 Å². The Bertz CT molecular complexity index is 492. The number of hydrogen-bond acceptors (Lipinski definition) is 5. The Morgan fingerprint density at radius 2 is 2.39 bits per heavy atom. The molecular weight excluding hydrogens is 306 g/mol. The first kappa shape index (κ1) is 14.1. The van der Waals surface area contributed by atoms with Gasteiger partial charge in [0, 0.05) is 12.6 Å². The van der Waals surface area contributed by atoms with Crippen molar-refractivity contribution in [3.8, 4) is 0 Å². The zero-order valence-corrected chi connectivity index (χ0v) is 10.8. The van der Waals surface area contributed by atoms with Gasteiger partial charge in [0.1, 0.15) is 18.6 Å². The fourth-order valence-corrected chi connectivity index (χ4v) is 1.89. The van der Waals surface area contributed by atoms with Crippen LogP contribution in [0.3, 0.4) is 0 Å². The molecule has 8 heteroatoms. The molecule has 0 aliphatic rings. The topological polar surface area (TPSA) is 96.6 Å². The fourth-order valence-electron chi connectivity index (χ4n) is 1.30. The highest BCUT2D eigenvalue weighted by Gasteiger charge is 2.17. The lowest BCUT2D eigenvalue weighted by molar-refractivity contribution is -0.385. The molecule has 0 spiro atoms. The van der Waals surface area contributed by atoms with Crippen molar-refractivity contribution in [1.82, 2.24) is 4.98 Å². The van der Waals surface area contributed by atoms with E-state index >= 15 is 0 Å². The number of carbonyl (C=O) groups is 1. The van der Waals surface area contributed by atoms with Crippen LogP contribution in [0.15, 0.2) is 29.4 Å². The summed E-state index contributed by atoms with van der Waals surface area (Å²) in [7, 11) is 0. The number of halogens is 1. The Morgan fingerprint density at radius 1 is 1.72 bits per heavy atom. The minimum atomic E-state index is -1.02. The second-order valence-corrected chi connectivity index (χ2v) is 4.17. The molecule has 1 rings (SSSR count). The average molecular weight is 316 g/mol. The summed E-state index contributed by atoms with van der Waals surface area (Å²) in [5.74, 6) is -0.702. The molecule has 0 atom stereocenters. The molecule has 0 saturated carbocycles. The van der Waals surface area contributed by atoms with E-state index in [2.05, 4.69) is 27.5 Å². The predicted molar refractivity (Wildman–Crippen MR) is 68.6 cm³/mol. The van der Waals surface area contributed by atoms with Crippen LogP contribution in [0.1, 0.15) is 0 Å². The third-order valence-corrected chi connectivity index (χ3v) is 2.58. The molecule has 0 radical (unpaired) electrons. The first-order valence-electron chi connectivity index (χ1n) is 4.83. The van der Waals surface area contributed by atoms with E-state index < -0.39 is 10.9 Å². The lowest BCUT2D eigenvalue weighted by Crippen LogP contribution is -2.30. The van der Waals surface area contributed by atoms with E-state index in [-0.39, 0.29) is 18.8 Å². The maximum atomic E-state index is 10.7. The Morgan fingerprint density at radius 3 is 2.83 bits per heavy atom. The highest BCUT2D eigenvalue weighted by atomic mass is 79.9. The number of hydrogen-bond donors (Lipinski definition) is 1. The minimum Gasteiger partial charge on any atom is -0.480 e. The molecule has 1 aromatic rings. The Balaban J connectivity index is 3.08. The van der Waals surface area contributed by atoms with Gasteiger partial charge in [-0.3, -0.25) is 14.9 Å². The molecule has 0 amide bonds. The Labute approximate surface area is 111 Å². The standard InChI is InChI=1S/C10H10BrN3O4/c1-2-3-13(6-9(15)16)10-8(11)4-7(5-12-10)14(17)18/h2,4-5H,1,3,6H2,(H,15,16). The van der Waals surface area contributed by atoms with E-state index in [4.69, 9.17) is 5.11 Å². The number of nitrogens with zero attached hydrogens (tertiary/aromatic N) is 3. The summed E-state index contributed by atoms with van der Waals surface area (Å²) < 4.78 is 0.361. The van der Waals surface area contributed by atoms with Crippen LogP contribution >= 0.6 is 15.9 Å². The molecule has 0 bridgehead atoms. The lowest BCUT2D eigenvalue weighted by Gasteiger charge is -2.20. The van der Waals surface area contributed by atoms with Crippen LogP contribution in [0.4, 0.5) is 11.5 Å². The molecule has 0 unspecified atom stereocenters. The molecular formula is C10H10BrN3O4. The Hall–Kier alpha value is -1.96. The number of pyridine rings is 1. The molecule has 0 aromatic carbocycles. The SMILES string of the molecule is C=CCN(CC(=O)O)c1ncc([N+](=O)[O-])cc1Br. The van der Waals surface area contributed by atoms with Crippen LogP contribution in [0.2, 0.25) is 0 Å². The number of aromatic nitrogens is 1. The van der Waals surface area contributed by atoms with Gasteiger partial charge in [-0.2, -0.15) is 0 Å². The first-order chi connectivity index (χ1) is 8.45. The number of nitro groups is 1. The van der Waals surface area contributed by atoms with Gasteiger partial charge < -0.3 is 10.0 Å². The summed E-state index contributed by atoms with van der Waals surface area (Å²) in [6.45, 7) is 3.53. The Kier molecular flexibility index (Phi) is 4.78. The van der Waals surface area contributed by atoms with E-state index in [1.807, 2.05) is 0 Å². The minimum absolute atomic E-state index is 0.167. The van der Waals surface area contributed by atoms with Crippen molar-refractivity contribution in [3.05, 3.63) is 39.5 Å². The van der Waals surface area contributed by atoms with Crippen LogP contribution in [0.25, 0.3) is 0 Å². The van der Waals surface area contributed by atoms with Gasteiger partial charge in [-0.15, -0.1) is 6.58 Å². The normalized spacial score (nSPS) is 9.83. The van der Waals surface area contributed by atoms with Gasteiger partial charge in [-0.05, 0) is 15.9 Å². The molecule has 96 valence electrons. The van der Waals surface area contributed by atoms with Crippen LogP contribution in [-0.4, -0.2) is 34.1 Å². The summed E-state index contributed by atoms with van der Waals surface area (Å²) in [6, 6.07) is 1.28. The predicted octanol–water partition coefficient (Wildman–Crippen LogP) is 1.83. The van der Waals surface area contributed by atoms with E-state index in [1.165, 1.54) is 17.0 Å². The summed E-state index contributed by atoms with van der Waals surface area (Å²) in [4.78, 5) is 26.0. The van der Waals surface area contributed by atoms with E-state index in [0.29, 0.717) is 10.3 Å². The summed E-state index contributed by atoms with van der Waals surface area (Å²) in [6.07, 6.45) is 2.61. The summed E-state index contributed by atoms with van der Waals surface area (Å²) >= 11 is 3.14. The third-order valence-electron chi connectivity index (χ3n) is 1.99. The van der Waals surface area contributed by atoms with Gasteiger partial charge in [0.05, 0.1) is 9.40 Å². The number of carboxylic acid groups (broad SMARTS) is 1. The van der Waals surface area contributed by atoms with Crippen molar-refractivity contribution in [2.24, 2.45) is 0 Å². The van der Waals surface area contributed by atoms with Crippen molar-refractivity contribution >= 4 is 33.4 Å². The van der Waals surface area contributed by atoms with Crippen molar-refractivity contribution in [2.45, 2.75) is 0 Å². The van der Waals surface area contributed by atoms with Crippen LogP contribution in [-0.2, 0) is 4.79 Å². The molecule has 0 saturated heterocycles. The quantitative estimate of drug-likeness (QED) is 0.488. The first-order valence-corrected chi connectivity index (χ1v) is 5.62. The number of aliphatic carboxylic acids is 1.